The minimum absolute atomic E-state index is 0.589. The Morgan fingerprint density at radius 1 is 0.700 bits per heavy atom. The number of unbranched alkanes of at least 4 members (excludes halogenated alkanes) is 10. The van der Waals surface area contributed by atoms with Gasteiger partial charge in [0.05, 0.1) is 0 Å². The highest BCUT2D eigenvalue weighted by Crippen LogP contribution is 2.22. The molecule has 0 N–H and O–H groups in total. The summed E-state index contributed by atoms with van der Waals surface area (Å²) in [6.07, 6.45) is 19.0. The van der Waals surface area contributed by atoms with Crippen LogP contribution in [0.1, 0.15) is 104 Å². The van der Waals surface area contributed by atoms with Crippen molar-refractivity contribution < 1.29 is 0 Å². The third kappa shape index (κ3) is 13.4. The van der Waals surface area contributed by atoms with Gasteiger partial charge in [-0.2, -0.15) is 0 Å². The lowest BCUT2D eigenvalue weighted by Crippen LogP contribution is -2.07. The van der Waals surface area contributed by atoms with Gasteiger partial charge >= 0.3 is 0 Å². The van der Waals surface area contributed by atoms with Crippen LogP contribution < -0.4 is 0 Å². The first-order chi connectivity index (χ1) is 9.72. The lowest BCUT2D eigenvalue weighted by atomic mass is 9.95. The zero-order chi connectivity index (χ0) is 15.1. The standard InChI is InChI=1S/C18H36S2/c1-3-5-7-9-11-13-15-17(18(19)20)16-14-12-10-8-6-4-2/h17H,3-16H2,1-2H3,(H,19,20). The Balaban J connectivity index is 3.53. The zero-order valence-corrected chi connectivity index (χ0v) is 15.5. The molecule has 20 heavy (non-hydrogen) atoms. The van der Waals surface area contributed by atoms with E-state index in [2.05, 4.69) is 26.5 Å². The largest absolute Gasteiger partial charge is 0.136 e. The molecule has 0 saturated heterocycles. The Hall–Kier alpha value is 0.440. The van der Waals surface area contributed by atoms with Crippen LogP contribution in [0, 0.1) is 5.92 Å². The topological polar surface area (TPSA) is 0 Å². The number of hydrogen-bond donors (Lipinski definition) is 1. The van der Waals surface area contributed by atoms with Gasteiger partial charge < -0.3 is 0 Å². The van der Waals surface area contributed by atoms with Crippen LogP contribution in [-0.2, 0) is 0 Å². The SMILES string of the molecule is CCCCCCCCC(CCCCCCCC)C(=S)S. The van der Waals surface area contributed by atoms with Crippen molar-refractivity contribution in [2.45, 2.75) is 104 Å². The second-order valence-electron chi connectivity index (χ2n) is 6.15. The van der Waals surface area contributed by atoms with E-state index in [9.17, 15) is 0 Å². The molecule has 0 aromatic carbocycles. The number of hydrogen-bond acceptors (Lipinski definition) is 1. The Labute approximate surface area is 138 Å². The molecule has 0 aliphatic carbocycles. The summed E-state index contributed by atoms with van der Waals surface area (Å²) in [7, 11) is 0. The molecule has 0 rings (SSSR count). The molecule has 0 aliphatic heterocycles. The lowest BCUT2D eigenvalue weighted by molar-refractivity contribution is 0.490. The van der Waals surface area contributed by atoms with Crippen LogP contribution in [-0.4, -0.2) is 4.20 Å². The molecule has 0 radical (unpaired) electrons. The van der Waals surface area contributed by atoms with Gasteiger partial charge in [-0.3, -0.25) is 0 Å². The van der Waals surface area contributed by atoms with Gasteiger partial charge in [0.2, 0.25) is 0 Å². The summed E-state index contributed by atoms with van der Waals surface area (Å²) in [5.74, 6) is 0.589. The summed E-state index contributed by atoms with van der Waals surface area (Å²) in [6.45, 7) is 4.55. The molecule has 0 aromatic rings. The van der Waals surface area contributed by atoms with Crippen LogP contribution in [0.3, 0.4) is 0 Å². The van der Waals surface area contributed by atoms with E-state index in [1.807, 2.05) is 0 Å². The second-order valence-corrected chi connectivity index (χ2v) is 7.37. The Kier molecular flexibility index (Phi) is 16.2. The maximum atomic E-state index is 5.32. The minimum Gasteiger partial charge on any atom is -0.136 e. The molecule has 0 atom stereocenters. The molecule has 0 fully saturated rings. The molecule has 2 heteroatoms. The van der Waals surface area contributed by atoms with Crippen molar-refractivity contribution in [2.75, 3.05) is 0 Å². The van der Waals surface area contributed by atoms with E-state index in [-0.39, 0.29) is 0 Å². The monoisotopic (exact) mass is 316 g/mol. The second kappa shape index (κ2) is 15.8. The van der Waals surface area contributed by atoms with Crippen LogP contribution >= 0.6 is 24.8 Å². The highest BCUT2D eigenvalue weighted by molar-refractivity contribution is 8.11. The third-order valence-corrected chi connectivity index (χ3v) is 4.86. The summed E-state index contributed by atoms with van der Waals surface area (Å²) >= 11 is 9.76. The molecule has 0 aromatic heterocycles. The van der Waals surface area contributed by atoms with E-state index in [4.69, 9.17) is 12.2 Å². The molecule has 0 unspecified atom stereocenters. The molecular formula is C18H36S2. The van der Waals surface area contributed by atoms with Crippen molar-refractivity contribution in [3.05, 3.63) is 0 Å². The van der Waals surface area contributed by atoms with E-state index in [1.54, 1.807) is 0 Å². The zero-order valence-electron chi connectivity index (χ0n) is 13.8. The summed E-state index contributed by atoms with van der Waals surface area (Å²) < 4.78 is 0.951. The van der Waals surface area contributed by atoms with E-state index < -0.39 is 0 Å². The molecule has 0 nitrogen and oxygen atoms in total. The fraction of sp³-hybridized carbons (Fsp3) is 0.944. The first-order valence-corrected chi connectivity index (χ1v) is 9.80. The van der Waals surface area contributed by atoms with Crippen molar-refractivity contribution >= 4 is 29.0 Å². The highest BCUT2D eigenvalue weighted by atomic mass is 32.1. The van der Waals surface area contributed by atoms with Gasteiger partial charge in [0.15, 0.2) is 0 Å². The molecule has 0 bridgehead atoms. The molecular weight excluding hydrogens is 280 g/mol. The van der Waals surface area contributed by atoms with Crippen LogP contribution in [0.25, 0.3) is 0 Å². The summed E-state index contributed by atoms with van der Waals surface area (Å²) in [4.78, 5) is 0. The third-order valence-electron chi connectivity index (χ3n) is 4.16. The fourth-order valence-corrected chi connectivity index (χ4v) is 3.23. The van der Waals surface area contributed by atoms with Gasteiger partial charge in [-0.15, -0.1) is 12.6 Å². The predicted octanol–water partition coefficient (Wildman–Crippen LogP) is 7.36. The van der Waals surface area contributed by atoms with E-state index in [1.165, 1.54) is 89.9 Å². The van der Waals surface area contributed by atoms with Crippen molar-refractivity contribution in [3.63, 3.8) is 0 Å². The van der Waals surface area contributed by atoms with Gasteiger partial charge in [0.25, 0.3) is 0 Å². The van der Waals surface area contributed by atoms with Crippen LogP contribution in [0.5, 0.6) is 0 Å². The summed E-state index contributed by atoms with van der Waals surface area (Å²) in [5, 5.41) is 0. The molecule has 0 aliphatic rings. The van der Waals surface area contributed by atoms with E-state index >= 15 is 0 Å². The molecule has 120 valence electrons. The highest BCUT2D eigenvalue weighted by Gasteiger charge is 2.11. The predicted molar refractivity (Wildman–Crippen MR) is 101 cm³/mol. The van der Waals surface area contributed by atoms with Gasteiger partial charge in [-0.25, -0.2) is 0 Å². The minimum atomic E-state index is 0.589. The first-order valence-electron chi connectivity index (χ1n) is 8.95. The Morgan fingerprint density at radius 2 is 1.05 bits per heavy atom. The summed E-state index contributed by atoms with van der Waals surface area (Å²) in [6, 6.07) is 0. The van der Waals surface area contributed by atoms with Gasteiger partial charge in [0.1, 0.15) is 0 Å². The van der Waals surface area contributed by atoms with Gasteiger partial charge in [0, 0.05) is 4.20 Å². The van der Waals surface area contributed by atoms with Gasteiger partial charge in [-0.1, -0.05) is 103 Å². The Bertz CT molecular complexity index is 197. The molecule has 0 saturated carbocycles. The average molecular weight is 317 g/mol. The van der Waals surface area contributed by atoms with Crippen molar-refractivity contribution in [3.8, 4) is 0 Å². The number of rotatable bonds is 15. The lowest BCUT2D eigenvalue weighted by Gasteiger charge is -2.15. The quantitative estimate of drug-likeness (QED) is 0.187. The molecule has 0 spiro atoms. The van der Waals surface area contributed by atoms with Crippen molar-refractivity contribution in [2.24, 2.45) is 5.92 Å². The molecule has 0 heterocycles. The molecule has 0 amide bonds. The van der Waals surface area contributed by atoms with Crippen molar-refractivity contribution in [1.29, 1.82) is 0 Å². The van der Waals surface area contributed by atoms with Gasteiger partial charge in [-0.05, 0) is 18.8 Å². The Morgan fingerprint density at radius 3 is 1.40 bits per heavy atom. The fourth-order valence-electron chi connectivity index (χ4n) is 2.73. The van der Waals surface area contributed by atoms with Crippen LogP contribution in [0.15, 0.2) is 0 Å². The summed E-state index contributed by atoms with van der Waals surface area (Å²) in [5.41, 5.74) is 0. The number of thiol groups is 1. The average Bonchev–Trinajstić information content (AvgIpc) is 2.43. The normalized spacial score (nSPS) is 11.2. The van der Waals surface area contributed by atoms with Crippen molar-refractivity contribution in [1.82, 2.24) is 0 Å². The van der Waals surface area contributed by atoms with E-state index in [0.29, 0.717) is 5.92 Å². The maximum absolute atomic E-state index is 5.32. The van der Waals surface area contributed by atoms with Crippen LogP contribution in [0.2, 0.25) is 0 Å². The first kappa shape index (κ1) is 20.4. The van der Waals surface area contributed by atoms with Crippen LogP contribution in [0.4, 0.5) is 0 Å². The smallest absolute Gasteiger partial charge is 0.0479 e. The maximum Gasteiger partial charge on any atom is 0.0479 e. The van der Waals surface area contributed by atoms with E-state index in [0.717, 1.165) is 4.20 Å². The number of thiocarbonyl (C=S) groups is 1.